The number of hydrogen-bond donors (Lipinski definition) is 2. The van der Waals surface area contributed by atoms with E-state index in [1.54, 1.807) is 18.4 Å². The Bertz CT molecular complexity index is 1080. The van der Waals surface area contributed by atoms with Crippen LogP contribution in [0.1, 0.15) is 11.4 Å². The molecule has 27 heavy (non-hydrogen) atoms. The number of nitrogens with zero attached hydrogens (tertiary/aromatic N) is 4. The Kier molecular flexibility index (Phi) is 4.68. The summed E-state index contributed by atoms with van der Waals surface area (Å²) in [4.78, 5) is 20.9. The van der Waals surface area contributed by atoms with E-state index in [0.29, 0.717) is 23.3 Å². The highest BCUT2D eigenvalue weighted by atomic mass is 32.2. The van der Waals surface area contributed by atoms with Gasteiger partial charge >= 0.3 is 0 Å². The number of carbonyl (C=O) groups excluding carboxylic acids is 1. The Morgan fingerprint density at radius 2 is 2.22 bits per heavy atom. The second kappa shape index (κ2) is 7.28. The number of fused-ring (bicyclic) bond motifs is 1. The number of carbonyl (C=O) groups is 1. The molecule has 8 nitrogen and oxygen atoms in total. The molecule has 0 aliphatic carbocycles. The van der Waals surface area contributed by atoms with Gasteiger partial charge in [-0.15, -0.1) is 5.10 Å². The van der Waals surface area contributed by atoms with Crippen LogP contribution < -0.4 is 5.32 Å². The number of rotatable bonds is 6. The number of aromatic amines is 1. The number of imidazole rings is 1. The van der Waals surface area contributed by atoms with Gasteiger partial charge in [0.05, 0.1) is 23.0 Å². The van der Waals surface area contributed by atoms with Crippen LogP contribution in [0.15, 0.2) is 46.2 Å². The Morgan fingerprint density at radius 3 is 3.04 bits per heavy atom. The Hall–Kier alpha value is -3.07. The summed E-state index contributed by atoms with van der Waals surface area (Å²) < 4.78 is 7.30. The zero-order chi connectivity index (χ0) is 18.8. The lowest BCUT2D eigenvalue weighted by atomic mass is 10.2. The summed E-state index contributed by atoms with van der Waals surface area (Å²) in [6.07, 6.45) is 1.57. The third-order valence-corrected chi connectivity index (χ3v) is 5.06. The summed E-state index contributed by atoms with van der Waals surface area (Å²) in [6, 6.07) is 9.60. The van der Waals surface area contributed by atoms with Gasteiger partial charge < -0.3 is 14.3 Å². The van der Waals surface area contributed by atoms with Crippen molar-refractivity contribution in [1.82, 2.24) is 30.0 Å². The third kappa shape index (κ3) is 3.72. The quantitative estimate of drug-likeness (QED) is 0.497. The smallest absolute Gasteiger partial charge is 0.230 e. The van der Waals surface area contributed by atoms with Crippen LogP contribution in [-0.2, 0) is 18.4 Å². The average Bonchev–Trinajstić information content (AvgIpc) is 3.39. The van der Waals surface area contributed by atoms with E-state index in [1.807, 2.05) is 36.7 Å². The van der Waals surface area contributed by atoms with Crippen molar-refractivity contribution in [2.75, 3.05) is 5.75 Å². The number of nitrogens with one attached hydrogen (secondary N) is 2. The van der Waals surface area contributed by atoms with Gasteiger partial charge in [-0.1, -0.05) is 17.8 Å². The van der Waals surface area contributed by atoms with Crippen LogP contribution in [0.5, 0.6) is 0 Å². The maximum atomic E-state index is 12.1. The molecule has 0 spiro atoms. The van der Waals surface area contributed by atoms with Gasteiger partial charge in [0.1, 0.15) is 5.82 Å². The fourth-order valence-electron chi connectivity index (χ4n) is 2.69. The molecule has 0 atom stereocenters. The topological polar surface area (TPSA) is 102 Å². The van der Waals surface area contributed by atoms with Crippen molar-refractivity contribution in [2.24, 2.45) is 7.05 Å². The number of furan rings is 1. The van der Waals surface area contributed by atoms with Gasteiger partial charge in [-0.3, -0.25) is 9.89 Å². The molecule has 0 aliphatic rings. The van der Waals surface area contributed by atoms with Crippen LogP contribution in [0.3, 0.4) is 0 Å². The van der Waals surface area contributed by atoms with Crippen molar-refractivity contribution in [1.29, 1.82) is 0 Å². The normalized spacial score (nSPS) is 11.2. The first kappa shape index (κ1) is 17.3. The molecule has 0 fully saturated rings. The predicted molar refractivity (Wildman–Crippen MR) is 102 cm³/mol. The largest absolute Gasteiger partial charge is 0.461 e. The van der Waals surface area contributed by atoms with E-state index in [-0.39, 0.29) is 11.7 Å². The molecule has 1 aromatic carbocycles. The summed E-state index contributed by atoms with van der Waals surface area (Å²) in [6.45, 7) is 2.43. The molecule has 0 saturated carbocycles. The molecule has 1 amide bonds. The van der Waals surface area contributed by atoms with Crippen molar-refractivity contribution >= 4 is 28.7 Å². The van der Waals surface area contributed by atoms with Crippen LogP contribution >= 0.6 is 11.8 Å². The van der Waals surface area contributed by atoms with Crippen LogP contribution in [0, 0.1) is 6.92 Å². The minimum absolute atomic E-state index is 0.0818. The molecular weight excluding hydrogens is 364 g/mol. The van der Waals surface area contributed by atoms with Crippen molar-refractivity contribution in [3.8, 4) is 11.6 Å². The standard InChI is InChI=1S/C18H18N6O2S/c1-11-20-13-8-12(5-6-14(13)24(11)2)9-19-16(25)10-27-18-21-17(22-23-18)15-4-3-7-26-15/h3-8H,9-10H2,1-2H3,(H,19,25)(H,21,22,23). The number of H-pyrrole nitrogens is 1. The average molecular weight is 382 g/mol. The summed E-state index contributed by atoms with van der Waals surface area (Å²) >= 11 is 1.27. The first-order valence-electron chi connectivity index (χ1n) is 8.38. The number of aryl methyl sites for hydroxylation is 2. The Labute approximate surface area is 159 Å². The molecule has 3 aromatic heterocycles. The Morgan fingerprint density at radius 1 is 1.33 bits per heavy atom. The van der Waals surface area contributed by atoms with E-state index in [1.165, 1.54) is 11.8 Å². The molecule has 138 valence electrons. The second-order valence-corrected chi connectivity index (χ2v) is 6.99. The number of thioether (sulfide) groups is 1. The first-order chi connectivity index (χ1) is 13.1. The SMILES string of the molecule is Cc1nc2cc(CNC(=O)CSc3n[nH]c(-c4ccco4)n3)ccc2n1C. The highest BCUT2D eigenvalue weighted by molar-refractivity contribution is 7.99. The highest BCUT2D eigenvalue weighted by Gasteiger charge is 2.11. The van der Waals surface area contributed by atoms with Gasteiger partial charge in [-0.25, -0.2) is 4.98 Å². The predicted octanol–water partition coefficient (Wildman–Crippen LogP) is 2.67. The van der Waals surface area contributed by atoms with E-state index >= 15 is 0 Å². The fraction of sp³-hybridized carbons (Fsp3) is 0.222. The molecule has 0 saturated heterocycles. The van der Waals surface area contributed by atoms with E-state index in [0.717, 1.165) is 22.4 Å². The lowest BCUT2D eigenvalue weighted by molar-refractivity contribution is -0.118. The minimum atomic E-state index is -0.0818. The molecule has 2 N–H and O–H groups in total. The highest BCUT2D eigenvalue weighted by Crippen LogP contribution is 2.19. The molecule has 0 unspecified atom stereocenters. The lowest BCUT2D eigenvalue weighted by Crippen LogP contribution is -2.24. The monoisotopic (exact) mass is 382 g/mol. The van der Waals surface area contributed by atoms with Crippen LogP contribution in [0.4, 0.5) is 0 Å². The molecule has 9 heteroatoms. The molecule has 3 heterocycles. The van der Waals surface area contributed by atoms with Gasteiger partial charge in [0.15, 0.2) is 11.6 Å². The van der Waals surface area contributed by atoms with Crippen LogP contribution in [0.25, 0.3) is 22.6 Å². The van der Waals surface area contributed by atoms with Crippen LogP contribution in [-0.4, -0.2) is 36.4 Å². The zero-order valence-corrected chi connectivity index (χ0v) is 15.7. The van der Waals surface area contributed by atoms with Gasteiger partial charge in [-0.05, 0) is 36.8 Å². The maximum absolute atomic E-state index is 12.1. The van der Waals surface area contributed by atoms with Crippen molar-refractivity contribution < 1.29 is 9.21 Å². The molecule has 0 bridgehead atoms. The van der Waals surface area contributed by atoms with Crippen molar-refractivity contribution in [3.63, 3.8) is 0 Å². The molecule has 0 aliphatic heterocycles. The number of benzene rings is 1. The Balaban J connectivity index is 1.31. The number of amides is 1. The maximum Gasteiger partial charge on any atom is 0.230 e. The minimum Gasteiger partial charge on any atom is -0.461 e. The van der Waals surface area contributed by atoms with E-state index in [4.69, 9.17) is 4.42 Å². The molecule has 4 aromatic rings. The number of hydrogen-bond acceptors (Lipinski definition) is 6. The van der Waals surface area contributed by atoms with Gasteiger partial charge in [0, 0.05) is 13.6 Å². The molecule has 4 rings (SSSR count). The van der Waals surface area contributed by atoms with Gasteiger partial charge in [0.2, 0.25) is 11.1 Å². The molecule has 0 radical (unpaired) electrons. The van der Waals surface area contributed by atoms with Gasteiger partial charge in [0.25, 0.3) is 0 Å². The third-order valence-electron chi connectivity index (χ3n) is 4.21. The molecular formula is C18H18N6O2S. The van der Waals surface area contributed by atoms with Crippen molar-refractivity contribution in [2.45, 2.75) is 18.6 Å². The zero-order valence-electron chi connectivity index (χ0n) is 14.9. The van der Waals surface area contributed by atoms with Crippen LogP contribution in [0.2, 0.25) is 0 Å². The summed E-state index contributed by atoms with van der Waals surface area (Å²) in [5.41, 5.74) is 3.02. The van der Waals surface area contributed by atoms with Crippen molar-refractivity contribution in [3.05, 3.63) is 48.0 Å². The van der Waals surface area contributed by atoms with E-state index in [2.05, 4.69) is 25.5 Å². The fourth-order valence-corrected chi connectivity index (χ4v) is 3.32. The summed E-state index contributed by atoms with van der Waals surface area (Å²) in [5.74, 6) is 2.27. The van der Waals surface area contributed by atoms with E-state index < -0.39 is 0 Å². The first-order valence-corrected chi connectivity index (χ1v) is 9.36. The van der Waals surface area contributed by atoms with Gasteiger partial charge in [-0.2, -0.15) is 4.98 Å². The summed E-state index contributed by atoms with van der Waals surface area (Å²) in [5, 5.41) is 10.3. The lowest BCUT2D eigenvalue weighted by Gasteiger charge is -2.05. The second-order valence-electron chi connectivity index (χ2n) is 6.05. The van der Waals surface area contributed by atoms with E-state index in [9.17, 15) is 4.79 Å². The summed E-state index contributed by atoms with van der Waals surface area (Å²) in [7, 11) is 1.99. The number of aromatic nitrogens is 5.